The van der Waals surface area contributed by atoms with Crippen molar-refractivity contribution < 1.29 is 15.5 Å². The van der Waals surface area contributed by atoms with Crippen molar-refractivity contribution >= 4 is 23.2 Å². The van der Waals surface area contributed by atoms with Crippen LogP contribution in [0.2, 0.25) is 10.0 Å². The maximum atomic E-state index is 11.4. The van der Waals surface area contributed by atoms with E-state index in [1.165, 1.54) is 6.07 Å². The van der Waals surface area contributed by atoms with Gasteiger partial charge in [0.15, 0.2) is 0 Å². The summed E-state index contributed by atoms with van der Waals surface area (Å²) >= 11 is 11.4. The number of aliphatic hydroxyl groups is 1. The third-order valence-electron chi connectivity index (χ3n) is 1.78. The van der Waals surface area contributed by atoms with Gasteiger partial charge in [-0.25, -0.2) is 0 Å². The Kier molecular flexibility index (Phi) is 4.48. The molecule has 0 aliphatic carbocycles. The van der Waals surface area contributed by atoms with Gasteiger partial charge in [-0.05, 0) is 12.1 Å². The number of benzene rings is 1. The van der Waals surface area contributed by atoms with Gasteiger partial charge in [-0.15, -0.1) is 0 Å². The Morgan fingerprint density at radius 3 is 2.71 bits per heavy atom. The highest BCUT2D eigenvalue weighted by Crippen LogP contribution is 2.28. The molecule has 0 aliphatic heterocycles. The molecule has 0 saturated carbocycles. The number of hydrogen-bond acceptors (Lipinski definition) is 2. The molecular weight excluding hydrogens is 225 g/mol. The van der Waals surface area contributed by atoms with E-state index in [2.05, 4.69) is 0 Å². The maximum Gasteiger partial charge on any atom is 0.101 e. The summed E-state index contributed by atoms with van der Waals surface area (Å²) in [6.07, 6.45) is 0. The third kappa shape index (κ3) is 3.03. The lowest BCUT2D eigenvalue weighted by Gasteiger charge is -2.14. The molecule has 0 aliphatic rings. The molecule has 0 bridgehead atoms. The van der Waals surface area contributed by atoms with E-state index in [9.17, 15) is 5.11 Å². The number of aliphatic hydroxyl groups excluding tert-OH is 1. The van der Waals surface area contributed by atoms with Gasteiger partial charge in [-0.3, -0.25) is 0 Å². The molecule has 78 valence electrons. The quantitative estimate of drug-likeness (QED) is 0.729. The summed E-state index contributed by atoms with van der Waals surface area (Å²) in [4.78, 5) is 0. The minimum absolute atomic E-state index is 0.0858. The Hall–Kier alpha value is -0.480. The van der Waals surface area contributed by atoms with Crippen LogP contribution in [0.4, 0.5) is 0 Å². The number of quaternary nitrogens is 1. The predicted molar refractivity (Wildman–Crippen MR) is 53.5 cm³/mol. The van der Waals surface area contributed by atoms with Gasteiger partial charge in [0.1, 0.15) is 6.54 Å². The first-order valence-corrected chi connectivity index (χ1v) is 4.98. The Morgan fingerprint density at radius 1 is 1.36 bits per heavy atom. The molecule has 0 heterocycles. The average molecular weight is 236 g/mol. The van der Waals surface area contributed by atoms with Gasteiger partial charge in [0, 0.05) is 15.6 Å². The van der Waals surface area contributed by atoms with Crippen molar-refractivity contribution in [2.75, 3.05) is 13.2 Å². The SMILES string of the molecule is [O-]c1c(Cl)cc(Cl)cc1C[NH2+]CCO. The van der Waals surface area contributed by atoms with E-state index in [4.69, 9.17) is 28.3 Å². The van der Waals surface area contributed by atoms with Crippen LogP contribution in [0, 0.1) is 0 Å². The van der Waals surface area contributed by atoms with Gasteiger partial charge < -0.3 is 15.5 Å². The summed E-state index contributed by atoms with van der Waals surface area (Å²) in [7, 11) is 0. The van der Waals surface area contributed by atoms with Crippen molar-refractivity contribution in [3.05, 3.63) is 27.7 Å². The fourth-order valence-corrected chi connectivity index (χ4v) is 1.65. The standard InChI is InChI=1S/C9H11Cl2NO2/c10-7-3-6(5-12-1-2-13)9(14)8(11)4-7/h3-4,12-14H,1-2,5H2. The van der Waals surface area contributed by atoms with E-state index in [-0.39, 0.29) is 17.4 Å². The molecular formula is C9H11Cl2NO2. The van der Waals surface area contributed by atoms with Crippen LogP contribution in [0.1, 0.15) is 5.56 Å². The van der Waals surface area contributed by atoms with Crippen molar-refractivity contribution in [2.24, 2.45) is 0 Å². The van der Waals surface area contributed by atoms with Crippen LogP contribution in [0.15, 0.2) is 12.1 Å². The monoisotopic (exact) mass is 235 g/mol. The second-order valence-corrected chi connectivity index (χ2v) is 3.72. The third-order valence-corrected chi connectivity index (χ3v) is 2.28. The van der Waals surface area contributed by atoms with Crippen LogP contribution >= 0.6 is 23.2 Å². The van der Waals surface area contributed by atoms with Crippen LogP contribution in [0.25, 0.3) is 0 Å². The molecule has 14 heavy (non-hydrogen) atoms. The number of hydrogen-bond donors (Lipinski definition) is 2. The molecule has 0 amide bonds. The molecule has 0 spiro atoms. The lowest BCUT2D eigenvalue weighted by atomic mass is 10.2. The minimum Gasteiger partial charge on any atom is -0.871 e. The topological polar surface area (TPSA) is 59.9 Å². The first-order valence-electron chi connectivity index (χ1n) is 4.22. The van der Waals surface area contributed by atoms with E-state index in [1.54, 1.807) is 6.07 Å². The van der Waals surface area contributed by atoms with Gasteiger partial charge in [0.2, 0.25) is 0 Å². The van der Waals surface area contributed by atoms with E-state index < -0.39 is 0 Å². The molecule has 3 N–H and O–H groups in total. The van der Waals surface area contributed by atoms with Gasteiger partial charge >= 0.3 is 0 Å². The van der Waals surface area contributed by atoms with E-state index in [0.29, 0.717) is 23.7 Å². The Labute approximate surface area is 92.3 Å². The molecule has 0 aromatic heterocycles. The molecule has 0 unspecified atom stereocenters. The van der Waals surface area contributed by atoms with E-state index in [1.807, 2.05) is 5.32 Å². The molecule has 1 aromatic rings. The van der Waals surface area contributed by atoms with Crippen molar-refractivity contribution in [3.63, 3.8) is 0 Å². The zero-order chi connectivity index (χ0) is 10.6. The van der Waals surface area contributed by atoms with Crippen molar-refractivity contribution in [1.82, 2.24) is 0 Å². The molecule has 1 rings (SSSR count). The normalized spacial score (nSPS) is 10.5. The van der Waals surface area contributed by atoms with Crippen LogP contribution in [0.3, 0.4) is 0 Å². The zero-order valence-corrected chi connectivity index (χ0v) is 8.98. The van der Waals surface area contributed by atoms with Crippen LogP contribution in [-0.4, -0.2) is 18.3 Å². The molecule has 0 saturated heterocycles. The largest absolute Gasteiger partial charge is 0.871 e. The maximum absolute atomic E-state index is 11.4. The predicted octanol–water partition coefficient (Wildman–Crippen LogP) is 0.123. The second kappa shape index (κ2) is 5.41. The lowest BCUT2D eigenvalue weighted by Crippen LogP contribution is -2.83. The molecule has 0 atom stereocenters. The molecule has 0 radical (unpaired) electrons. The molecule has 0 fully saturated rings. The Bertz CT molecular complexity index is 318. The smallest absolute Gasteiger partial charge is 0.101 e. The number of halogens is 2. The Balaban J connectivity index is 2.75. The summed E-state index contributed by atoms with van der Waals surface area (Å²) in [5.41, 5.74) is 0.566. The van der Waals surface area contributed by atoms with Crippen LogP contribution in [0.5, 0.6) is 5.75 Å². The Morgan fingerprint density at radius 2 is 2.07 bits per heavy atom. The summed E-state index contributed by atoms with van der Waals surface area (Å²) in [6.45, 7) is 1.13. The fourth-order valence-electron chi connectivity index (χ4n) is 1.11. The number of nitrogens with two attached hydrogens (primary N) is 1. The second-order valence-electron chi connectivity index (χ2n) is 2.88. The first kappa shape index (κ1) is 11.6. The first-order chi connectivity index (χ1) is 6.65. The minimum atomic E-state index is -0.190. The highest BCUT2D eigenvalue weighted by Gasteiger charge is 2.02. The summed E-state index contributed by atoms with van der Waals surface area (Å²) in [6, 6.07) is 3.03. The molecule has 5 heteroatoms. The number of rotatable bonds is 4. The van der Waals surface area contributed by atoms with Crippen molar-refractivity contribution in [3.8, 4) is 5.75 Å². The van der Waals surface area contributed by atoms with Gasteiger partial charge in [0.05, 0.1) is 13.2 Å². The highest BCUT2D eigenvalue weighted by molar-refractivity contribution is 6.35. The molecule has 1 aromatic carbocycles. The van der Waals surface area contributed by atoms with Crippen LogP contribution < -0.4 is 10.4 Å². The highest BCUT2D eigenvalue weighted by atomic mass is 35.5. The summed E-state index contributed by atoms with van der Waals surface area (Å²) in [5.74, 6) is -0.190. The molecule has 3 nitrogen and oxygen atoms in total. The van der Waals surface area contributed by atoms with Gasteiger partial charge in [0.25, 0.3) is 0 Å². The zero-order valence-electron chi connectivity index (χ0n) is 7.46. The fraction of sp³-hybridized carbons (Fsp3) is 0.333. The summed E-state index contributed by atoms with van der Waals surface area (Å²) < 4.78 is 0. The van der Waals surface area contributed by atoms with E-state index >= 15 is 0 Å². The summed E-state index contributed by atoms with van der Waals surface area (Å²) in [5, 5.41) is 22.4. The lowest BCUT2D eigenvalue weighted by molar-refractivity contribution is -0.672. The van der Waals surface area contributed by atoms with E-state index in [0.717, 1.165) is 0 Å². The van der Waals surface area contributed by atoms with Gasteiger partial charge in [-0.2, -0.15) is 0 Å². The van der Waals surface area contributed by atoms with Crippen LogP contribution in [-0.2, 0) is 6.54 Å². The van der Waals surface area contributed by atoms with Gasteiger partial charge in [-0.1, -0.05) is 29.0 Å². The average Bonchev–Trinajstić information content (AvgIpc) is 2.13. The van der Waals surface area contributed by atoms with Crippen molar-refractivity contribution in [2.45, 2.75) is 6.54 Å². The van der Waals surface area contributed by atoms with Crippen molar-refractivity contribution in [1.29, 1.82) is 0 Å².